The monoisotopic (exact) mass is 212 g/mol. The van der Waals surface area contributed by atoms with Gasteiger partial charge in [0, 0.05) is 0 Å². The van der Waals surface area contributed by atoms with Gasteiger partial charge in [0.25, 0.3) is 0 Å². The third-order valence-corrected chi connectivity index (χ3v) is 2.78. The van der Waals surface area contributed by atoms with E-state index in [1.54, 1.807) is 0 Å². The Morgan fingerprint density at radius 1 is 1.20 bits per heavy atom. The summed E-state index contributed by atoms with van der Waals surface area (Å²) in [7, 11) is 0. The molecule has 1 aliphatic rings. The molecule has 0 radical (unpaired) electrons. The van der Waals surface area contributed by atoms with Gasteiger partial charge in [0.1, 0.15) is 17.3 Å². The SMILES string of the molecule is CC(C)(C)OC(=O)C1(C=O)CCCCC1. The molecule has 86 valence electrons. The first-order valence-corrected chi connectivity index (χ1v) is 5.59. The van der Waals surface area contributed by atoms with Crippen molar-refractivity contribution in [2.45, 2.75) is 58.5 Å². The van der Waals surface area contributed by atoms with Crippen molar-refractivity contribution in [1.29, 1.82) is 0 Å². The maximum Gasteiger partial charge on any atom is 0.319 e. The van der Waals surface area contributed by atoms with Crippen LogP contribution in [0.2, 0.25) is 0 Å². The number of rotatable bonds is 2. The minimum atomic E-state index is -0.856. The summed E-state index contributed by atoms with van der Waals surface area (Å²) in [6.07, 6.45) is 5.07. The van der Waals surface area contributed by atoms with E-state index in [1.165, 1.54) is 0 Å². The van der Waals surface area contributed by atoms with Crippen LogP contribution in [0.15, 0.2) is 0 Å². The van der Waals surface area contributed by atoms with Crippen molar-refractivity contribution in [2.24, 2.45) is 5.41 Å². The van der Waals surface area contributed by atoms with Crippen molar-refractivity contribution >= 4 is 12.3 Å². The zero-order valence-electron chi connectivity index (χ0n) is 9.84. The van der Waals surface area contributed by atoms with Crippen LogP contribution in [0.5, 0.6) is 0 Å². The van der Waals surface area contributed by atoms with Gasteiger partial charge in [-0.2, -0.15) is 0 Å². The van der Waals surface area contributed by atoms with Crippen LogP contribution in [0.1, 0.15) is 52.9 Å². The molecule has 0 spiro atoms. The molecule has 1 rings (SSSR count). The number of esters is 1. The molecule has 0 bridgehead atoms. The standard InChI is InChI=1S/C12H20O3/c1-11(2,3)15-10(14)12(9-13)7-5-4-6-8-12/h9H,4-8H2,1-3H3. The predicted molar refractivity (Wildman–Crippen MR) is 57.4 cm³/mol. The Morgan fingerprint density at radius 2 is 1.73 bits per heavy atom. The van der Waals surface area contributed by atoms with Gasteiger partial charge in [-0.3, -0.25) is 4.79 Å². The average molecular weight is 212 g/mol. The second-order valence-electron chi connectivity index (χ2n) is 5.34. The Hall–Kier alpha value is -0.860. The first-order chi connectivity index (χ1) is 6.90. The van der Waals surface area contributed by atoms with Gasteiger partial charge in [-0.1, -0.05) is 19.3 Å². The number of hydrogen-bond acceptors (Lipinski definition) is 3. The van der Waals surface area contributed by atoms with Crippen molar-refractivity contribution in [3.05, 3.63) is 0 Å². The van der Waals surface area contributed by atoms with Gasteiger partial charge in [0.05, 0.1) is 0 Å². The normalized spacial score (nSPS) is 20.7. The van der Waals surface area contributed by atoms with E-state index in [0.29, 0.717) is 12.8 Å². The van der Waals surface area contributed by atoms with E-state index >= 15 is 0 Å². The first kappa shape index (κ1) is 12.2. The smallest absolute Gasteiger partial charge is 0.319 e. The maximum atomic E-state index is 11.9. The Morgan fingerprint density at radius 3 is 2.13 bits per heavy atom. The van der Waals surface area contributed by atoms with Crippen LogP contribution < -0.4 is 0 Å². The highest BCUT2D eigenvalue weighted by Crippen LogP contribution is 2.36. The summed E-state index contributed by atoms with van der Waals surface area (Å²) in [4.78, 5) is 23.0. The van der Waals surface area contributed by atoms with E-state index in [4.69, 9.17) is 4.74 Å². The summed E-state index contributed by atoms with van der Waals surface area (Å²) in [6.45, 7) is 5.48. The maximum absolute atomic E-state index is 11.9. The van der Waals surface area contributed by atoms with Crippen LogP contribution >= 0.6 is 0 Å². The van der Waals surface area contributed by atoms with Crippen LogP contribution in [0.25, 0.3) is 0 Å². The first-order valence-electron chi connectivity index (χ1n) is 5.59. The highest BCUT2D eigenvalue weighted by atomic mass is 16.6. The molecule has 0 saturated heterocycles. The molecule has 0 unspecified atom stereocenters. The van der Waals surface area contributed by atoms with Crippen molar-refractivity contribution in [2.75, 3.05) is 0 Å². The minimum absolute atomic E-state index is 0.343. The predicted octanol–water partition coefficient (Wildman–Crippen LogP) is 2.48. The fraction of sp³-hybridized carbons (Fsp3) is 0.833. The Kier molecular flexibility index (Phi) is 3.53. The van der Waals surface area contributed by atoms with Crippen LogP contribution in [0, 0.1) is 5.41 Å². The molecular weight excluding hydrogens is 192 g/mol. The van der Waals surface area contributed by atoms with Crippen LogP contribution in [0.3, 0.4) is 0 Å². The molecular formula is C12H20O3. The molecule has 0 heterocycles. The largest absolute Gasteiger partial charge is 0.459 e. The van der Waals surface area contributed by atoms with Gasteiger partial charge < -0.3 is 9.53 Å². The van der Waals surface area contributed by atoms with Crippen molar-refractivity contribution in [1.82, 2.24) is 0 Å². The lowest BCUT2D eigenvalue weighted by atomic mass is 9.75. The number of ether oxygens (including phenoxy) is 1. The van der Waals surface area contributed by atoms with Gasteiger partial charge in [-0.05, 0) is 33.6 Å². The summed E-state index contributed by atoms with van der Waals surface area (Å²) in [5.74, 6) is -0.343. The highest BCUT2D eigenvalue weighted by molar-refractivity contribution is 5.93. The molecule has 0 aliphatic heterocycles. The fourth-order valence-corrected chi connectivity index (χ4v) is 1.93. The van der Waals surface area contributed by atoms with Crippen LogP contribution in [0.4, 0.5) is 0 Å². The summed E-state index contributed by atoms with van der Waals surface area (Å²) in [5.41, 5.74) is -1.37. The van der Waals surface area contributed by atoms with E-state index in [9.17, 15) is 9.59 Å². The third-order valence-electron chi connectivity index (χ3n) is 2.78. The molecule has 1 fully saturated rings. The van der Waals surface area contributed by atoms with Crippen LogP contribution in [-0.2, 0) is 14.3 Å². The van der Waals surface area contributed by atoms with Gasteiger partial charge in [-0.15, -0.1) is 0 Å². The average Bonchev–Trinajstić information content (AvgIpc) is 2.16. The van der Waals surface area contributed by atoms with E-state index in [0.717, 1.165) is 25.5 Å². The highest BCUT2D eigenvalue weighted by Gasteiger charge is 2.42. The van der Waals surface area contributed by atoms with Gasteiger partial charge >= 0.3 is 5.97 Å². The Bertz CT molecular complexity index is 244. The molecule has 0 aromatic rings. The Labute approximate surface area is 91.2 Å². The lowest BCUT2D eigenvalue weighted by molar-refractivity contribution is -0.170. The quantitative estimate of drug-likeness (QED) is 0.401. The minimum Gasteiger partial charge on any atom is -0.459 e. The van der Waals surface area contributed by atoms with E-state index in [-0.39, 0.29) is 5.97 Å². The summed E-state index contributed by atoms with van der Waals surface area (Å²) in [5, 5.41) is 0. The van der Waals surface area contributed by atoms with Crippen molar-refractivity contribution < 1.29 is 14.3 Å². The van der Waals surface area contributed by atoms with E-state index in [2.05, 4.69) is 0 Å². The molecule has 0 N–H and O–H groups in total. The van der Waals surface area contributed by atoms with Crippen molar-refractivity contribution in [3.63, 3.8) is 0 Å². The van der Waals surface area contributed by atoms with E-state index in [1.807, 2.05) is 20.8 Å². The topological polar surface area (TPSA) is 43.4 Å². The summed E-state index contributed by atoms with van der Waals surface area (Å²) >= 11 is 0. The van der Waals surface area contributed by atoms with E-state index < -0.39 is 11.0 Å². The zero-order chi connectivity index (χ0) is 11.5. The molecule has 1 aliphatic carbocycles. The second-order valence-corrected chi connectivity index (χ2v) is 5.34. The Balaban J connectivity index is 2.73. The van der Waals surface area contributed by atoms with Gasteiger partial charge in [-0.25, -0.2) is 0 Å². The molecule has 1 saturated carbocycles. The number of carbonyl (C=O) groups is 2. The summed E-state index contributed by atoms with van der Waals surface area (Å²) in [6, 6.07) is 0. The fourth-order valence-electron chi connectivity index (χ4n) is 1.93. The molecule has 0 atom stereocenters. The number of hydrogen-bond donors (Lipinski definition) is 0. The molecule has 0 amide bonds. The number of aldehydes is 1. The molecule has 0 aromatic carbocycles. The van der Waals surface area contributed by atoms with Crippen molar-refractivity contribution in [3.8, 4) is 0 Å². The summed E-state index contributed by atoms with van der Waals surface area (Å²) < 4.78 is 5.30. The molecule has 3 heteroatoms. The zero-order valence-corrected chi connectivity index (χ0v) is 9.84. The van der Waals surface area contributed by atoms with Crippen LogP contribution in [-0.4, -0.2) is 17.9 Å². The van der Waals surface area contributed by atoms with Gasteiger partial charge in [0.15, 0.2) is 0 Å². The number of carbonyl (C=O) groups excluding carboxylic acids is 2. The second kappa shape index (κ2) is 4.33. The lowest BCUT2D eigenvalue weighted by Gasteiger charge is -2.32. The molecule has 15 heavy (non-hydrogen) atoms. The molecule has 0 aromatic heterocycles. The third kappa shape index (κ3) is 3.05. The van der Waals surface area contributed by atoms with Gasteiger partial charge in [0.2, 0.25) is 0 Å². The lowest BCUT2D eigenvalue weighted by Crippen LogP contribution is -2.40. The molecule has 3 nitrogen and oxygen atoms in total.